The Morgan fingerprint density at radius 2 is 1.91 bits per heavy atom. The Balaban J connectivity index is 1.21. The van der Waals surface area contributed by atoms with Gasteiger partial charge in [-0.1, -0.05) is 24.3 Å². The third-order valence-corrected chi connectivity index (χ3v) is 6.61. The van der Waals surface area contributed by atoms with Crippen LogP contribution in [-0.2, 0) is 6.54 Å². The Bertz CT molecular complexity index is 1360. The Labute approximate surface area is 194 Å². The van der Waals surface area contributed by atoms with Crippen LogP contribution in [-0.4, -0.2) is 54.0 Å². The van der Waals surface area contributed by atoms with Gasteiger partial charge in [0.1, 0.15) is 16.3 Å². The number of hydrogen-bond acceptors (Lipinski definition) is 7. The van der Waals surface area contributed by atoms with Gasteiger partial charge in [-0.2, -0.15) is 0 Å². The normalized spacial score (nSPS) is 14.5. The lowest BCUT2D eigenvalue weighted by Crippen LogP contribution is -2.48. The Morgan fingerprint density at radius 1 is 1.09 bits per heavy atom. The summed E-state index contributed by atoms with van der Waals surface area (Å²) in [5, 5.41) is 3.58. The number of rotatable bonds is 5. The molecule has 5 rings (SSSR count). The average molecular weight is 462 g/mol. The van der Waals surface area contributed by atoms with E-state index in [1.807, 2.05) is 24.3 Å². The predicted molar refractivity (Wildman–Crippen MR) is 128 cm³/mol. The molecule has 0 spiro atoms. The summed E-state index contributed by atoms with van der Waals surface area (Å²) in [6.45, 7) is 3.35. The van der Waals surface area contributed by atoms with Gasteiger partial charge >= 0.3 is 0 Å². The van der Waals surface area contributed by atoms with Crippen LogP contribution in [0.15, 0.2) is 69.2 Å². The number of benzene rings is 2. The lowest BCUT2D eigenvalue weighted by Gasteiger charge is -2.33. The van der Waals surface area contributed by atoms with E-state index in [-0.39, 0.29) is 17.1 Å². The van der Waals surface area contributed by atoms with E-state index >= 15 is 0 Å². The molecule has 0 bridgehead atoms. The molecule has 0 unspecified atom stereocenters. The summed E-state index contributed by atoms with van der Waals surface area (Å²) in [4.78, 5) is 34.1. The van der Waals surface area contributed by atoms with Crippen LogP contribution in [0.3, 0.4) is 0 Å². The predicted octanol–water partition coefficient (Wildman–Crippen LogP) is 3.88. The van der Waals surface area contributed by atoms with Crippen molar-refractivity contribution in [2.75, 3.05) is 33.3 Å². The highest BCUT2D eigenvalue weighted by Gasteiger charge is 2.25. The van der Waals surface area contributed by atoms with Gasteiger partial charge in [-0.3, -0.25) is 14.5 Å². The SMILES string of the molecule is COc1cccc(-c2csc(CN3CCN(C(=O)c4cc(=O)c5ccccc5o4)CC3)n2)c1. The van der Waals surface area contributed by atoms with E-state index in [0.29, 0.717) is 24.1 Å². The minimum atomic E-state index is -0.243. The van der Waals surface area contributed by atoms with Gasteiger partial charge in [-0.25, -0.2) is 4.98 Å². The molecule has 1 aliphatic rings. The molecule has 1 amide bonds. The van der Waals surface area contributed by atoms with Gasteiger partial charge in [0.2, 0.25) is 0 Å². The van der Waals surface area contributed by atoms with E-state index in [2.05, 4.69) is 10.3 Å². The van der Waals surface area contributed by atoms with Crippen LogP contribution in [0.1, 0.15) is 15.6 Å². The van der Waals surface area contributed by atoms with E-state index in [1.165, 1.54) is 6.07 Å². The van der Waals surface area contributed by atoms with E-state index in [4.69, 9.17) is 14.1 Å². The average Bonchev–Trinajstić information content (AvgIpc) is 3.32. The van der Waals surface area contributed by atoms with Gasteiger partial charge in [0.05, 0.1) is 24.7 Å². The van der Waals surface area contributed by atoms with Crippen molar-refractivity contribution in [3.8, 4) is 17.0 Å². The number of nitrogens with zero attached hydrogens (tertiary/aromatic N) is 3. The van der Waals surface area contributed by atoms with Gasteiger partial charge in [0.25, 0.3) is 5.91 Å². The molecule has 0 radical (unpaired) electrons. The molecule has 1 aliphatic heterocycles. The van der Waals surface area contributed by atoms with Crippen LogP contribution >= 0.6 is 11.3 Å². The number of hydrogen-bond donors (Lipinski definition) is 0. The van der Waals surface area contributed by atoms with E-state index in [0.717, 1.165) is 41.6 Å². The van der Waals surface area contributed by atoms with Crippen LogP contribution in [0.25, 0.3) is 22.2 Å². The maximum absolute atomic E-state index is 12.9. The molecule has 0 N–H and O–H groups in total. The highest BCUT2D eigenvalue weighted by atomic mass is 32.1. The number of ether oxygens (including phenoxy) is 1. The molecule has 2 aromatic carbocycles. The third-order valence-electron chi connectivity index (χ3n) is 5.78. The number of carbonyl (C=O) groups excluding carboxylic acids is 1. The molecule has 0 aliphatic carbocycles. The largest absolute Gasteiger partial charge is 0.497 e. The van der Waals surface area contributed by atoms with Gasteiger partial charge < -0.3 is 14.1 Å². The molecule has 0 atom stereocenters. The fourth-order valence-electron chi connectivity index (χ4n) is 3.96. The first kappa shape index (κ1) is 21.4. The maximum atomic E-state index is 12.9. The van der Waals surface area contributed by atoms with Gasteiger partial charge in [-0.05, 0) is 24.3 Å². The number of piperazine rings is 1. The molecule has 0 saturated carbocycles. The molecular formula is C25H23N3O4S. The summed E-state index contributed by atoms with van der Waals surface area (Å²) in [5.41, 5.74) is 2.20. The maximum Gasteiger partial charge on any atom is 0.289 e. The van der Waals surface area contributed by atoms with Crippen molar-refractivity contribution in [2.24, 2.45) is 0 Å². The number of methoxy groups -OCH3 is 1. The summed E-state index contributed by atoms with van der Waals surface area (Å²) >= 11 is 1.63. The van der Waals surface area contributed by atoms with Gasteiger partial charge in [0.15, 0.2) is 11.2 Å². The van der Waals surface area contributed by atoms with Crippen LogP contribution in [0.2, 0.25) is 0 Å². The second-order valence-electron chi connectivity index (χ2n) is 7.90. The molecule has 33 heavy (non-hydrogen) atoms. The highest BCUT2D eigenvalue weighted by Crippen LogP contribution is 2.26. The van der Waals surface area contributed by atoms with Crippen molar-refractivity contribution in [2.45, 2.75) is 6.54 Å². The zero-order valence-corrected chi connectivity index (χ0v) is 19.0. The molecule has 2 aromatic heterocycles. The molecule has 3 heterocycles. The first-order valence-electron chi connectivity index (χ1n) is 10.7. The number of carbonyl (C=O) groups is 1. The molecule has 168 valence electrons. The quantitative estimate of drug-likeness (QED) is 0.449. The minimum Gasteiger partial charge on any atom is -0.497 e. The summed E-state index contributed by atoms with van der Waals surface area (Å²) in [6, 6.07) is 16.2. The Morgan fingerprint density at radius 3 is 2.73 bits per heavy atom. The van der Waals surface area contributed by atoms with Crippen molar-refractivity contribution < 1.29 is 13.9 Å². The standard InChI is InChI=1S/C25H23N3O4S/c1-31-18-6-4-5-17(13-18)20-16-33-24(26-20)15-27-9-11-28(12-10-27)25(30)23-14-21(29)19-7-2-3-8-22(19)32-23/h2-8,13-14,16H,9-12,15H2,1H3. The molecular weight excluding hydrogens is 438 g/mol. The van der Waals surface area contributed by atoms with Crippen molar-refractivity contribution >= 4 is 28.2 Å². The summed E-state index contributed by atoms with van der Waals surface area (Å²) in [5.74, 6) is 0.659. The number of amides is 1. The Hall–Kier alpha value is -3.49. The molecule has 1 saturated heterocycles. The van der Waals surface area contributed by atoms with Crippen LogP contribution < -0.4 is 10.2 Å². The summed E-state index contributed by atoms with van der Waals surface area (Å²) in [6.07, 6.45) is 0. The van der Waals surface area contributed by atoms with Crippen LogP contribution in [0.5, 0.6) is 5.75 Å². The molecule has 4 aromatic rings. The summed E-state index contributed by atoms with van der Waals surface area (Å²) < 4.78 is 11.0. The van der Waals surface area contributed by atoms with Crippen molar-refractivity contribution in [3.05, 3.63) is 81.0 Å². The molecule has 1 fully saturated rings. The second kappa shape index (κ2) is 9.17. The lowest BCUT2D eigenvalue weighted by molar-refractivity contribution is 0.0598. The minimum absolute atomic E-state index is 0.0926. The van der Waals surface area contributed by atoms with Gasteiger partial charge in [0, 0.05) is 43.2 Å². The fourth-order valence-corrected chi connectivity index (χ4v) is 4.81. The van der Waals surface area contributed by atoms with Crippen molar-refractivity contribution in [1.29, 1.82) is 0 Å². The highest BCUT2D eigenvalue weighted by molar-refractivity contribution is 7.09. The zero-order valence-electron chi connectivity index (χ0n) is 18.2. The smallest absolute Gasteiger partial charge is 0.289 e. The van der Waals surface area contributed by atoms with Crippen LogP contribution in [0.4, 0.5) is 0 Å². The first-order chi connectivity index (χ1) is 16.1. The van der Waals surface area contributed by atoms with Crippen LogP contribution in [0, 0.1) is 0 Å². The Kier molecular flexibility index (Phi) is 5.93. The summed E-state index contributed by atoms with van der Waals surface area (Å²) in [7, 11) is 1.66. The monoisotopic (exact) mass is 461 g/mol. The topological polar surface area (TPSA) is 75.9 Å². The number of aromatic nitrogens is 1. The van der Waals surface area contributed by atoms with Gasteiger partial charge in [-0.15, -0.1) is 11.3 Å². The van der Waals surface area contributed by atoms with E-state index < -0.39 is 0 Å². The second-order valence-corrected chi connectivity index (χ2v) is 8.84. The van der Waals surface area contributed by atoms with Crippen molar-refractivity contribution in [1.82, 2.24) is 14.8 Å². The molecule has 8 heteroatoms. The number of para-hydroxylation sites is 1. The zero-order chi connectivity index (χ0) is 22.8. The third kappa shape index (κ3) is 4.53. The number of fused-ring (bicyclic) bond motifs is 1. The number of thiazole rings is 1. The first-order valence-corrected chi connectivity index (χ1v) is 11.6. The molecule has 7 nitrogen and oxygen atoms in total. The van der Waals surface area contributed by atoms with E-state index in [1.54, 1.807) is 47.6 Å². The van der Waals surface area contributed by atoms with E-state index in [9.17, 15) is 9.59 Å². The van der Waals surface area contributed by atoms with Crippen molar-refractivity contribution in [3.63, 3.8) is 0 Å². The lowest BCUT2D eigenvalue weighted by atomic mass is 10.2. The fraction of sp³-hybridized carbons (Fsp3) is 0.240.